The van der Waals surface area contributed by atoms with Gasteiger partial charge in [0.05, 0.1) is 11.0 Å². The Hall–Kier alpha value is -5.34. The van der Waals surface area contributed by atoms with Crippen LogP contribution in [0.3, 0.4) is 0 Å². The molecule has 0 bridgehead atoms. The molecule has 0 unspecified atom stereocenters. The van der Waals surface area contributed by atoms with Gasteiger partial charge in [-0.1, -0.05) is 111 Å². The summed E-state index contributed by atoms with van der Waals surface area (Å²) < 4.78 is 8.73. The molecule has 2 heteroatoms. The minimum atomic E-state index is -0.0881. The Bertz CT molecular complexity index is 2650. The van der Waals surface area contributed by atoms with Crippen molar-refractivity contribution in [2.24, 2.45) is 0 Å². The van der Waals surface area contributed by atoms with Crippen molar-refractivity contribution in [3.8, 4) is 16.8 Å². The van der Waals surface area contributed by atoms with Crippen LogP contribution < -0.4 is 0 Å². The minimum Gasteiger partial charge on any atom is -0.456 e. The summed E-state index contributed by atoms with van der Waals surface area (Å²) in [4.78, 5) is 0. The Balaban J connectivity index is 1.46. The highest BCUT2D eigenvalue weighted by molar-refractivity contribution is 6.28. The van der Waals surface area contributed by atoms with Crippen molar-refractivity contribution in [3.05, 3.63) is 139 Å². The highest BCUT2D eigenvalue weighted by atomic mass is 16.3. The molecule has 0 N–H and O–H groups in total. The summed E-state index contributed by atoms with van der Waals surface area (Å²) in [5.41, 5.74) is 10.8. The average Bonchev–Trinajstić information content (AvgIpc) is 3.58. The maximum atomic E-state index is 6.23. The van der Waals surface area contributed by atoms with E-state index in [1.165, 1.54) is 65.6 Å². The quantitative estimate of drug-likeness (QED) is 0.199. The Kier molecular flexibility index (Phi) is 4.29. The predicted octanol–water partition coefficient (Wildman–Crippen LogP) is 11.3. The second kappa shape index (κ2) is 7.93. The summed E-state index contributed by atoms with van der Waals surface area (Å²) in [5, 5.41) is 10.1. The summed E-state index contributed by atoms with van der Waals surface area (Å²) in [6, 6.07) is 46.7. The summed E-state index contributed by atoms with van der Waals surface area (Å²) in [5.74, 6) is 0. The first-order valence-electron chi connectivity index (χ1n) is 15.0. The van der Waals surface area contributed by atoms with Crippen LogP contribution in [-0.4, -0.2) is 4.57 Å². The molecule has 0 radical (unpaired) electrons. The summed E-state index contributed by atoms with van der Waals surface area (Å²) in [7, 11) is 0. The SMILES string of the molecule is CC1(C)c2ccccc2-c2c3c1cccc3cc1c2c2ccc3ccccc3c2n1-c1ccc2oc3ccccc3c2c1. The third-order valence-electron chi connectivity index (χ3n) is 9.94. The maximum absolute atomic E-state index is 6.23. The maximum Gasteiger partial charge on any atom is 0.135 e. The fourth-order valence-corrected chi connectivity index (χ4v) is 8.01. The van der Waals surface area contributed by atoms with Crippen molar-refractivity contribution in [2.45, 2.75) is 19.3 Å². The molecule has 0 saturated heterocycles. The summed E-state index contributed by atoms with van der Waals surface area (Å²) >= 11 is 0. The van der Waals surface area contributed by atoms with Crippen LogP contribution in [0, 0.1) is 0 Å². The number of hydrogen-bond acceptors (Lipinski definition) is 1. The lowest BCUT2D eigenvalue weighted by Gasteiger charge is -2.35. The third kappa shape index (κ3) is 2.88. The van der Waals surface area contributed by atoms with Crippen LogP contribution in [0.4, 0.5) is 0 Å². The van der Waals surface area contributed by atoms with Crippen LogP contribution in [0.15, 0.2) is 132 Å². The van der Waals surface area contributed by atoms with Gasteiger partial charge in [-0.15, -0.1) is 0 Å². The molecule has 10 rings (SSSR count). The molecule has 2 heterocycles. The van der Waals surface area contributed by atoms with Crippen molar-refractivity contribution in [1.82, 2.24) is 4.57 Å². The van der Waals surface area contributed by atoms with Gasteiger partial charge in [-0.2, -0.15) is 0 Å². The first kappa shape index (κ1) is 23.2. The van der Waals surface area contributed by atoms with Crippen molar-refractivity contribution in [2.75, 3.05) is 0 Å². The fraction of sp³-hybridized carbons (Fsp3) is 0.0732. The zero-order valence-corrected chi connectivity index (χ0v) is 24.0. The highest BCUT2D eigenvalue weighted by Crippen LogP contribution is 2.53. The molecule has 0 aliphatic heterocycles. The normalized spacial score (nSPS) is 14.0. The molecular formula is C41H27NO. The minimum absolute atomic E-state index is 0.0881. The van der Waals surface area contributed by atoms with Gasteiger partial charge in [-0.3, -0.25) is 0 Å². The van der Waals surface area contributed by atoms with Crippen LogP contribution in [0.2, 0.25) is 0 Å². The molecule has 1 aliphatic carbocycles. The number of aromatic nitrogens is 1. The van der Waals surface area contributed by atoms with Crippen LogP contribution in [0.1, 0.15) is 25.0 Å². The number of benzene rings is 7. The van der Waals surface area contributed by atoms with Gasteiger partial charge in [0, 0.05) is 43.6 Å². The molecule has 202 valence electrons. The number of hydrogen-bond donors (Lipinski definition) is 0. The lowest BCUT2D eigenvalue weighted by Crippen LogP contribution is -2.23. The number of rotatable bonds is 1. The monoisotopic (exact) mass is 549 g/mol. The van der Waals surface area contributed by atoms with Crippen LogP contribution in [0.25, 0.3) is 82.1 Å². The van der Waals surface area contributed by atoms with E-state index in [2.05, 4.69) is 140 Å². The molecule has 2 aromatic heterocycles. The molecular weight excluding hydrogens is 522 g/mol. The molecule has 0 saturated carbocycles. The van der Waals surface area contributed by atoms with Gasteiger partial charge in [-0.05, 0) is 63.2 Å². The van der Waals surface area contributed by atoms with E-state index in [1.54, 1.807) is 0 Å². The van der Waals surface area contributed by atoms with Crippen LogP contribution in [0.5, 0.6) is 0 Å². The Morgan fingerprint density at radius 2 is 1.28 bits per heavy atom. The van der Waals surface area contributed by atoms with Crippen molar-refractivity contribution >= 4 is 65.3 Å². The number of nitrogens with zero attached hydrogens (tertiary/aromatic N) is 1. The Morgan fingerprint density at radius 3 is 2.21 bits per heavy atom. The van der Waals surface area contributed by atoms with Gasteiger partial charge in [0.25, 0.3) is 0 Å². The van der Waals surface area contributed by atoms with E-state index in [9.17, 15) is 0 Å². The largest absolute Gasteiger partial charge is 0.456 e. The summed E-state index contributed by atoms with van der Waals surface area (Å²) in [6.45, 7) is 4.74. The molecule has 43 heavy (non-hydrogen) atoms. The van der Waals surface area contributed by atoms with Crippen molar-refractivity contribution < 1.29 is 4.42 Å². The van der Waals surface area contributed by atoms with Gasteiger partial charge >= 0.3 is 0 Å². The lowest BCUT2D eigenvalue weighted by molar-refractivity contribution is 0.645. The van der Waals surface area contributed by atoms with Crippen molar-refractivity contribution in [1.29, 1.82) is 0 Å². The topological polar surface area (TPSA) is 18.1 Å². The molecule has 0 spiro atoms. The van der Waals surface area contributed by atoms with Gasteiger partial charge < -0.3 is 8.98 Å². The van der Waals surface area contributed by atoms with E-state index in [-0.39, 0.29) is 5.41 Å². The molecule has 0 atom stereocenters. The van der Waals surface area contributed by atoms with Crippen molar-refractivity contribution in [3.63, 3.8) is 0 Å². The molecule has 2 nitrogen and oxygen atoms in total. The molecule has 7 aromatic carbocycles. The standard InChI is InChI=1S/C41H27NO/c1-41(2)32-15-7-5-14-29(32)39-37-25(11-9-16-33(37)41)22-34-38(39)30-20-18-24-10-3-4-12-27(24)40(30)42(34)26-19-21-36-31(23-26)28-13-6-8-17-35(28)43-36/h3-23H,1-2H3. The predicted molar refractivity (Wildman–Crippen MR) is 181 cm³/mol. The third-order valence-corrected chi connectivity index (χ3v) is 9.94. The number of fused-ring (bicyclic) bond motifs is 11. The van der Waals surface area contributed by atoms with Gasteiger partial charge in [0.2, 0.25) is 0 Å². The van der Waals surface area contributed by atoms with E-state index in [0.717, 1.165) is 27.6 Å². The molecule has 1 aliphatic rings. The van der Waals surface area contributed by atoms with E-state index in [1.807, 2.05) is 6.07 Å². The van der Waals surface area contributed by atoms with Crippen LogP contribution in [-0.2, 0) is 5.41 Å². The zero-order valence-electron chi connectivity index (χ0n) is 24.0. The van der Waals surface area contributed by atoms with E-state index in [4.69, 9.17) is 4.42 Å². The van der Waals surface area contributed by atoms with Crippen LogP contribution >= 0.6 is 0 Å². The first-order valence-corrected chi connectivity index (χ1v) is 15.0. The number of furan rings is 1. The van der Waals surface area contributed by atoms with E-state index < -0.39 is 0 Å². The average molecular weight is 550 g/mol. The second-order valence-corrected chi connectivity index (χ2v) is 12.5. The molecule has 0 amide bonds. The smallest absolute Gasteiger partial charge is 0.135 e. The van der Waals surface area contributed by atoms with E-state index in [0.29, 0.717) is 0 Å². The molecule has 0 fully saturated rings. The Labute approximate surface area is 248 Å². The van der Waals surface area contributed by atoms with Gasteiger partial charge in [-0.25, -0.2) is 0 Å². The first-order chi connectivity index (χ1) is 21.1. The Morgan fingerprint density at radius 1 is 0.535 bits per heavy atom. The second-order valence-electron chi connectivity index (χ2n) is 12.5. The van der Waals surface area contributed by atoms with Gasteiger partial charge in [0.1, 0.15) is 11.2 Å². The summed E-state index contributed by atoms with van der Waals surface area (Å²) in [6.07, 6.45) is 0. The number of para-hydroxylation sites is 1. The highest BCUT2D eigenvalue weighted by Gasteiger charge is 2.35. The zero-order chi connectivity index (χ0) is 28.4. The van der Waals surface area contributed by atoms with Gasteiger partial charge in [0.15, 0.2) is 0 Å². The fourth-order valence-electron chi connectivity index (χ4n) is 8.01. The lowest BCUT2D eigenvalue weighted by atomic mass is 9.68. The molecule has 9 aromatic rings. The van der Waals surface area contributed by atoms with E-state index >= 15 is 0 Å².